The molecule has 150 valence electrons. The minimum absolute atomic E-state index is 0.145. The number of carbonyl (C=O) groups excluding carboxylic acids is 1. The first-order valence-corrected chi connectivity index (χ1v) is 8.60. The fourth-order valence-corrected chi connectivity index (χ4v) is 2.50. The number of amides is 1. The molecule has 0 saturated heterocycles. The van der Waals surface area contributed by atoms with Gasteiger partial charge >= 0.3 is 0 Å². The van der Waals surface area contributed by atoms with Crippen molar-refractivity contribution in [3.63, 3.8) is 0 Å². The lowest BCUT2D eigenvalue weighted by atomic mass is 10.2. The summed E-state index contributed by atoms with van der Waals surface area (Å²) in [7, 11) is 2.96. The van der Waals surface area contributed by atoms with Crippen LogP contribution in [0.3, 0.4) is 0 Å². The minimum Gasteiger partial charge on any atom is -0.495 e. The highest BCUT2D eigenvalue weighted by molar-refractivity contribution is 5.97. The number of anilines is 2. The Hall–Kier alpha value is -3.49. The van der Waals surface area contributed by atoms with Crippen molar-refractivity contribution in [3.8, 4) is 17.2 Å². The number of carbonyl (C=O) groups is 1. The van der Waals surface area contributed by atoms with E-state index in [2.05, 4.69) is 10.6 Å². The summed E-state index contributed by atoms with van der Waals surface area (Å²) in [5, 5.41) is 16.7. The van der Waals surface area contributed by atoms with Gasteiger partial charge in [-0.1, -0.05) is 0 Å². The van der Waals surface area contributed by atoms with Gasteiger partial charge in [0.1, 0.15) is 11.8 Å². The topological polar surface area (TPSA) is 112 Å². The normalized spacial score (nSPS) is 11.3. The van der Waals surface area contributed by atoms with E-state index in [1.807, 2.05) is 6.92 Å². The van der Waals surface area contributed by atoms with E-state index in [9.17, 15) is 14.9 Å². The maximum atomic E-state index is 12.5. The Morgan fingerprint density at radius 2 is 1.79 bits per heavy atom. The summed E-state index contributed by atoms with van der Waals surface area (Å²) in [6.07, 6.45) is 0. The quantitative estimate of drug-likeness (QED) is 0.499. The van der Waals surface area contributed by atoms with Gasteiger partial charge in [-0.2, -0.15) is 0 Å². The maximum Gasteiger partial charge on any atom is 0.271 e. The van der Waals surface area contributed by atoms with Crippen molar-refractivity contribution in [1.29, 1.82) is 0 Å². The zero-order valence-electron chi connectivity index (χ0n) is 16.1. The number of ether oxygens (including phenoxy) is 3. The predicted octanol–water partition coefficient (Wildman–Crippen LogP) is 3.45. The summed E-state index contributed by atoms with van der Waals surface area (Å²) in [6.45, 7) is 4.05. The number of rotatable bonds is 9. The standard InChI is InChI=1S/C19H23N3O6/c1-5-28-17-8-6-13(10-18(17)27-4)20-12(2)19(23)21-15-11-14(22(24)25)7-9-16(15)26-3/h6-12,20H,5H2,1-4H3,(H,21,23)/t12-/m1/s1. The predicted molar refractivity (Wildman–Crippen MR) is 106 cm³/mol. The van der Waals surface area contributed by atoms with Crippen molar-refractivity contribution in [2.45, 2.75) is 19.9 Å². The zero-order valence-corrected chi connectivity index (χ0v) is 16.1. The van der Waals surface area contributed by atoms with Crippen molar-refractivity contribution in [3.05, 3.63) is 46.5 Å². The van der Waals surface area contributed by atoms with E-state index in [4.69, 9.17) is 14.2 Å². The lowest BCUT2D eigenvalue weighted by Gasteiger charge is -2.18. The molecule has 0 aliphatic rings. The summed E-state index contributed by atoms with van der Waals surface area (Å²) in [5.41, 5.74) is 0.738. The van der Waals surface area contributed by atoms with Gasteiger partial charge in [0.05, 0.1) is 31.4 Å². The molecule has 0 saturated carbocycles. The largest absolute Gasteiger partial charge is 0.495 e. The molecule has 0 spiro atoms. The van der Waals surface area contributed by atoms with Gasteiger partial charge in [-0.25, -0.2) is 0 Å². The van der Waals surface area contributed by atoms with Gasteiger partial charge in [0.15, 0.2) is 11.5 Å². The molecule has 9 heteroatoms. The molecule has 0 aliphatic carbocycles. The van der Waals surface area contributed by atoms with Gasteiger partial charge in [0.25, 0.3) is 5.69 Å². The van der Waals surface area contributed by atoms with Crippen molar-refractivity contribution in [2.75, 3.05) is 31.5 Å². The Bertz CT molecular complexity index is 856. The average Bonchev–Trinajstić information content (AvgIpc) is 2.69. The number of nitrogens with one attached hydrogen (secondary N) is 2. The number of hydrogen-bond donors (Lipinski definition) is 2. The number of hydrogen-bond acceptors (Lipinski definition) is 7. The van der Waals surface area contributed by atoms with Gasteiger partial charge in [-0.15, -0.1) is 0 Å². The second-order valence-electron chi connectivity index (χ2n) is 5.80. The molecule has 0 unspecified atom stereocenters. The van der Waals surface area contributed by atoms with E-state index in [1.54, 1.807) is 25.1 Å². The lowest BCUT2D eigenvalue weighted by Crippen LogP contribution is -2.32. The monoisotopic (exact) mass is 389 g/mol. The Kier molecular flexibility index (Phi) is 7.02. The maximum absolute atomic E-state index is 12.5. The summed E-state index contributed by atoms with van der Waals surface area (Å²) in [6, 6.07) is 8.61. The number of nitro groups is 1. The third kappa shape index (κ3) is 5.03. The number of benzene rings is 2. The average molecular weight is 389 g/mol. The van der Waals surface area contributed by atoms with Crippen LogP contribution >= 0.6 is 0 Å². The summed E-state index contributed by atoms with van der Waals surface area (Å²) >= 11 is 0. The second kappa shape index (κ2) is 9.45. The zero-order chi connectivity index (χ0) is 20.7. The van der Waals surface area contributed by atoms with Crippen LogP contribution in [0.25, 0.3) is 0 Å². The molecule has 2 N–H and O–H groups in total. The van der Waals surface area contributed by atoms with E-state index in [1.165, 1.54) is 32.4 Å². The molecule has 0 aliphatic heterocycles. The highest BCUT2D eigenvalue weighted by Crippen LogP contribution is 2.31. The lowest BCUT2D eigenvalue weighted by molar-refractivity contribution is -0.384. The molecule has 0 fully saturated rings. The number of nitrogens with zero attached hydrogens (tertiary/aromatic N) is 1. The molecule has 28 heavy (non-hydrogen) atoms. The number of non-ortho nitro benzene ring substituents is 1. The van der Waals surface area contributed by atoms with Gasteiger partial charge in [0.2, 0.25) is 5.91 Å². The van der Waals surface area contributed by atoms with E-state index in [0.29, 0.717) is 29.5 Å². The molecule has 2 rings (SSSR count). The first kappa shape index (κ1) is 20.8. The van der Waals surface area contributed by atoms with Crippen molar-refractivity contribution in [2.24, 2.45) is 0 Å². The van der Waals surface area contributed by atoms with Crippen LogP contribution in [0.2, 0.25) is 0 Å². The van der Waals surface area contributed by atoms with Gasteiger partial charge < -0.3 is 24.8 Å². The van der Waals surface area contributed by atoms with Crippen LogP contribution in [0.5, 0.6) is 17.2 Å². The Morgan fingerprint density at radius 1 is 1.11 bits per heavy atom. The molecule has 0 radical (unpaired) electrons. The Balaban J connectivity index is 2.13. The molecule has 2 aromatic rings. The fraction of sp³-hybridized carbons (Fsp3) is 0.316. The van der Waals surface area contributed by atoms with Crippen molar-refractivity contribution < 1.29 is 23.9 Å². The number of nitro benzene ring substituents is 1. The van der Waals surface area contributed by atoms with E-state index >= 15 is 0 Å². The molecule has 1 atom stereocenters. The van der Waals surface area contributed by atoms with Crippen molar-refractivity contribution in [1.82, 2.24) is 0 Å². The van der Waals surface area contributed by atoms with Crippen LogP contribution in [-0.4, -0.2) is 37.7 Å². The second-order valence-corrected chi connectivity index (χ2v) is 5.80. The molecule has 1 amide bonds. The summed E-state index contributed by atoms with van der Waals surface area (Å²) < 4.78 is 15.9. The molecule has 0 bridgehead atoms. The number of methoxy groups -OCH3 is 2. The van der Waals surface area contributed by atoms with Gasteiger partial charge in [-0.3, -0.25) is 14.9 Å². The highest BCUT2D eigenvalue weighted by Gasteiger charge is 2.18. The van der Waals surface area contributed by atoms with Crippen LogP contribution in [0.4, 0.5) is 17.1 Å². The van der Waals surface area contributed by atoms with E-state index in [-0.39, 0.29) is 17.3 Å². The summed E-state index contributed by atoms with van der Waals surface area (Å²) in [4.78, 5) is 23.0. The first-order valence-electron chi connectivity index (χ1n) is 8.60. The minimum atomic E-state index is -0.633. The SMILES string of the molecule is CCOc1ccc(N[C@H](C)C(=O)Nc2cc([N+](=O)[O-])ccc2OC)cc1OC. The van der Waals surface area contributed by atoms with Gasteiger partial charge in [0, 0.05) is 23.9 Å². The van der Waals surface area contributed by atoms with Gasteiger partial charge in [-0.05, 0) is 32.0 Å². The van der Waals surface area contributed by atoms with E-state index in [0.717, 1.165) is 0 Å². The van der Waals surface area contributed by atoms with Crippen molar-refractivity contribution >= 4 is 23.0 Å². The van der Waals surface area contributed by atoms with Crippen LogP contribution in [0, 0.1) is 10.1 Å². The fourth-order valence-electron chi connectivity index (χ4n) is 2.50. The highest BCUT2D eigenvalue weighted by atomic mass is 16.6. The van der Waals surface area contributed by atoms with E-state index < -0.39 is 11.0 Å². The van der Waals surface area contributed by atoms with Crippen LogP contribution < -0.4 is 24.8 Å². The molecular formula is C19H23N3O6. The van der Waals surface area contributed by atoms with Crippen LogP contribution in [0.15, 0.2) is 36.4 Å². The van der Waals surface area contributed by atoms with Crippen LogP contribution in [0.1, 0.15) is 13.8 Å². The van der Waals surface area contributed by atoms with Crippen LogP contribution in [-0.2, 0) is 4.79 Å². The Morgan fingerprint density at radius 3 is 2.39 bits per heavy atom. The third-order valence-electron chi connectivity index (χ3n) is 3.89. The third-order valence-corrected chi connectivity index (χ3v) is 3.89. The first-order chi connectivity index (χ1) is 13.4. The summed E-state index contributed by atoms with van der Waals surface area (Å²) in [5.74, 6) is 1.09. The smallest absolute Gasteiger partial charge is 0.271 e. The molecule has 2 aromatic carbocycles. The molecule has 0 aromatic heterocycles. The molecule has 0 heterocycles. The molecule has 9 nitrogen and oxygen atoms in total. The Labute approximate surface area is 162 Å². The molecular weight excluding hydrogens is 366 g/mol.